The van der Waals surface area contributed by atoms with Crippen molar-refractivity contribution in [3.8, 4) is 0 Å². The van der Waals surface area contributed by atoms with Crippen molar-refractivity contribution < 1.29 is 9.18 Å². The summed E-state index contributed by atoms with van der Waals surface area (Å²) < 4.78 is 14.4. The van der Waals surface area contributed by atoms with Gasteiger partial charge >= 0.3 is 0 Å². The summed E-state index contributed by atoms with van der Waals surface area (Å²) in [6.07, 6.45) is 13.5. The SMILES string of the molecule is CC(C)(C)C(=O)N1CCC(CCN2C3CCCCC[C@@H]2CCC3)(c2cc(F)cc(Cl)c2)CC1. The zero-order valence-electron chi connectivity index (χ0n) is 20.8. The molecule has 3 saturated heterocycles. The summed E-state index contributed by atoms with van der Waals surface area (Å²) in [5.41, 5.74) is 0.522. The lowest BCUT2D eigenvalue weighted by atomic mass is 9.69. The highest BCUT2D eigenvalue weighted by molar-refractivity contribution is 6.30. The molecule has 184 valence electrons. The van der Waals surface area contributed by atoms with Crippen molar-refractivity contribution >= 4 is 17.5 Å². The van der Waals surface area contributed by atoms with Gasteiger partial charge in [-0.15, -0.1) is 0 Å². The van der Waals surface area contributed by atoms with Crippen LogP contribution in [0.15, 0.2) is 18.2 Å². The van der Waals surface area contributed by atoms with Gasteiger partial charge in [0.05, 0.1) is 0 Å². The lowest BCUT2D eigenvalue weighted by molar-refractivity contribution is -0.141. The fraction of sp³-hybridized carbons (Fsp3) is 0.750. The van der Waals surface area contributed by atoms with Gasteiger partial charge in [0.1, 0.15) is 5.82 Å². The maximum absolute atomic E-state index is 14.4. The van der Waals surface area contributed by atoms with E-state index in [1.54, 1.807) is 6.07 Å². The van der Waals surface area contributed by atoms with Crippen molar-refractivity contribution in [2.45, 2.75) is 109 Å². The van der Waals surface area contributed by atoms with Gasteiger partial charge in [0.2, 0.25) is 5.91 Å². The van der Waals surface area contributed by atoms with E-state index in [9.17, 15) is 9.18 Å². The molecular weight excluding hydrogens is 435 g/mol. The number of likely N-dealkylation sites (tertiary alicyclic amines) is 1. The largest absolute Gasteiger partial charge is 0.342 e. The standard InChI is InChI=1S/C28H42ClFN2O/c1-27(2,3)26(33)31-15-12-28(13-16-31,21-18-22(29)20-23(30)19-21)14-17-32-24-8-5-4-6-9-25(32)11-7-10-24/h18-20,24-25H,4-17H2,1-3H3/t24-,25?/m1/s1. The second-order valence-corrected chi connectivity index (χ2v) is 12.3. The Morgan fingerprint density at radius 1 is 1.00 bits per heavy atom. The zero-order valence-corrected chi connectivity index (χ0v) is 21.6. The Morgan fingerprint density at radius 3 is 2.18 bits per heavy atom. The van der Waals surface area contributed by atoms with Crippen molar-refractivity contribution in [3.63, 3.8) is 0 Å². The molecule has 0 saturated carbocycles. The molecule has 0 aromatic heterocycles. The van der Waals surface area contributed by atoms with Gasteiger partial charge in [-0.05, 0) is 75.3 Å². The predicted octanol–water partition coefficient (Wildman–Crippen LogP) is 6.96. The molecule has 33 heavy (non-hydrogen) atoms. The molecule has 1 aromatic carbocycles. The number of amides is 1. The van der Waals surface area contributed by atoms with Crippen LogP contribution >= 0.6 is 11.6 Å². The fourth-order valence-electron chi connectivity index (χ4n) is 6.64. The van der Waals surface area contributed by atoms with Crippen LogP contribution in [0.5, 0.6) is 0 Å². The van der Waals surface area contributed by atoms with Gasteiger partial charge in [0, 0.05) is 41.0 Å². The molecular formula is C28H42ClFN2O. The Kier molecular flexibility index (Phi) is 7.75. The summed E-state index contributed by atoms with van der Waals surface area (Å²) in [5.74, 6) is -0.0418. The van der Waals surface area contributed by atoms with Crippen LogP contribution in [0.3, 0.4) is 0 Å². The molecule has 1 unspecified atom stereocenters. The molecule has 3 aliphatic heterocycles. The number of rotatable bonds is 4. The van der Waals surface area contributed by atoms with Crippen molar-refractivity contribution in [1.29, 1.82) is 0 Å². The van der Waals surface area contributed by atoms with Crippen molar-refractivity contribution in [1.82, 2.24) is 9.80 Å². The molecule has 2 atom stereocenters. The average molecular weight is 477 g/mol. The van der Waals surface area contributed by atoms with Crippen LogP contribution in [0.1, 0.15) is 97.0 Å². The number of hydrogen-bond acceptors (Lipinski definition) is 2. The summed E-state index contributed by atoms with van der Waals surface area (Å²) in [6.45, 7) is 8.50. The minimum Gasteiger partial charge on any atom is -0.342 e. The molecule has 3 nitrogen and oxygen atoms in total. The molecule has 0 radical (unpaired) electrons. The van der Waals surface area contributed by atoms with Gasteiger partial charge in [-0.2, -0.15) is 0 Å². The Bertz CT molecular complexity index is 793. The van der Waals surface area contributed by atoms with Gasteiger partial charge in [-0.1, -0.05) is 58.1 Å². The number of hydrogen-bond donors (Lipinski definition) is 0. The molecule has 5 heteroatoms. The van der Waals surface area contributed by atoms with E-state index in [1.165, 1.54) is 57.4 Å². The Balaban J connectivity index is 1.56. The minimum atomic E-state index is -0.371. The van der Waals surface area contributed by atoms with Gasteiger partial charge < -0.3 is 4.90 Å². The number of halogens is 2. The molecule has 0 spiro atoms. The average Bonchev–Trinajstić information content (AvgIpc) is 2.76. The summed E-state index contributed by atoms with van der Waals surface area (Å²) >= 11 is 6.32. The van der Waals surface area contributed by atoms with E-state index in [0.29, 0.717) is 17.1 Å². The number of benzene rings is 1. The first-order chi connectivity index (χ1) is 15.7. The molecule has 0 N–H and O–H groups in total. The topological polar surface area (TPSA) is 23.6 Å². The van der Waals surface area contributed by atoms with Crippen LogP contribution in [-0.2, 0) is 10.2 Å². The van der Waals surface area contributed by atoms with Gasteiger partial charge in [0.15, 0.2) is 0 Å². The van der Waals surface area contributed by atoms with Crippen LogP contribution in [0.4, 0.5) is 4.39 Å². The molecule has 2 bridgehead atoms. The number of fused-ring (bicyclic) bond motifs is 2. The molecule has 1 aromatic rings. The highest BCUT2D eigenvalue weighted by Crippen LogP contribution is 2.42. The van der Waals surface area contributed by atoms with Gasteiger partial charge in [-0.3, -0.25) is 9.69 Å². The molecule has 3 aliphatic rings. The second-order valence-electron chi connectivity index (χ2n) is 11.8. The first-order valence-electron chi connectivity index (χ1n) is 13.2. The Hall–Kier alpha value is -1.13. The van der Waals surface area contributed by atoms with Crippen molar-refractivity contribution in [3.05, 3.63) is 34.6 Å². The number of carbonyl (C=O) groups excluding carboxylic acids is 1. The van der Waals surface area contributed by atoms with E-state index in [0.717, 1.165) is 44.5 Å². The molecule has 3 heterocycles. The third kappa shape index (κ3) is 5.75. The quantitative estimate of drug-likeness (QED) is 0.468. The number of nitrogens with zero attached hydrogens (tertiary/aromatic N) is 2. The van der Waals surface area contributed by atoms with E-state index in [-0.39, 0.29) is 22.6 Å². The molecule has 0 aliphatic carbocycles. The predicted molar refractivity (Wildman–Crippen MR) is 134 cm³/mol. The summed E-state index contributed by atoms with van der Waals surface area (Å²) in [5, 5.41) is 0.473. The molecule has 4 rings (SSSR count). The van der Waals surface area contributed by atoms with Crippen molar-refractivity contribution in [2.75, 3.05) is 19.6 Å². The molecule has 1 amide bonds. The van der Waals surface area contributed by atoms with E-state index in [2.05, 4.69) is 4.90 Å². The van der Waals surface area contributed by atoms with Gasteiger partial charge in [-0.25, -0.2) is 4.39 Å². The van der Waals surface area contributed by atoms with Crippen LogP contribution in [0.25, 0.3) is 0 Å². The molecule has 3 fully saturated rings. The highest BCUT2D eigenvalue weighted by Gasteiger charge is 2.41. The monoisotopic (exact) mass is 476 g/mol. The van der Waals surface area contributed by atoms with Crippen LogP contribution < -0.4 is 0 Å². The smallest absolute Gasteiger partial charge is 0.227 e. The van der Waals surface area contributed by atoms with Crippen LogP contribution in [0, 0.1) is 11.2 Å². The van der Waals surface area contributed by atoms with Crippen LogP contribution in [-0.4, -0.2) is 47.4 Å². The number of carbonyl (C=O) groups is 1. The normalized spacial score (nSPS) is 26.5. The summed E-state index contributed by atoms with van der Waals surface area (Å²) in [6, 6.07) is 6.49. The van der Waals surface area contributed by atoms with Crippen LogP contribution in [0.2, 0.25) is 5.02 Å². The lowest BCUT2D eigenvalue weighted by Gasteiger charge is -2.48. The Labute approximate surface area is 205 Å². The zero-order chi connectivity index (χ0) is 23.6. The van der Waals surface area contributed by atoms with Gasteiger partial charge in [0.25, 0.3) is 0 Å². The summed E-state index contributed by atoms with van der Waals surface area (Å²) in [7, 11) is 0. The first kappa shape index (κ1) is 25.0. The Morgan fingerprint density at radius 2 is 1.61 bits per heavy atom. The van der Waals surface area contributed by atoms with Crippen molar-refractivity contribution in [2.24, 2.45) is 5.41 Å². The maximum atomic E-state index is 14.4. The van der Waals surface area contributed by atoms with E-state index in [4.69, 9.17) is 11.6 Å². The third-order valence-corrected chi connectivity index (χ3v) is 8.78. The second kappa shape index (κ2) is 10.2. The van der Waals surface area contributed by atoms with E-state index < -0.39 is 0 Å². The fourth-order valence-corrected chi connectivity index (χ4v) is 6.86. The number of piperidine rings is 2. The lowest BCUT2D eigenvalue weighted by Crippen LogP contribution is -2.52. The maximum Gasteiger partial charge on any atom is 0.227 e. The summed E-state index contributed by atoms with van der Waals surface area (Å²) in [4.78, 5) is 17.8. The minimum absolute atomic E-state index is 0.128. The highest BCUT2D eigenvalue weighted by atomic mass is 35.5. The van der Waals surface area contributed by atoms with E-state index >= 15 is 0 Å². The third-order valence-electron chi connectivity index (χ3n) is 8.56. The first-order valence-corrected chi connectivity index (χ1v) is 13.6. The van der Waals surface area contributed by atoms with E-state index in [1.807, 2.05) is 31.7 Å².